The van der Waals surface area contributed by atoms with Gasteiger partial charge in [-0.1, -0.05) is 41.2 Å². The van der Waals surface area contributed by atoms with Crippen molar-refractivity contribution in [3.63, 3.8) is 0 Å². The lowest BCUT2D eigenvalue weighted by atomic mass is 10.1. The zero-order chi connectivity index (χ0) is 19.3. The number of benzene rings is 1. The van der Waals surface area contributed by atoms with Gasteiger partial charge >= 0.3 is 5.97 Å². The quantitative estimate of drug-likeness (QED) is 0.586. The zero-order valence-corrected chi connectivity index (χ0v) is 16.1. The molecular weight excluding hydrogens is 352 g/mol. The topological polar surface area (TPSA) is 85.4 Å². The zero-order valence-electron chi connectivity index (χ0n) is 15.3. The maximum absolute atomic E-state index is 12.1. The molecule has 2 rings (SSSR count). The molecule has 2 aromatic rings. The van der Waals surface area contributed by atoms with E-state index >= 15 is 0 Å². The molecule has 1 N–H and O–H groups in total. The summed E-state index contributed by atoms with van der Waals surface area (Å²) < 4.78 is 5.15. The minimum absolute atomic E-state index is 0.0527. The molecule has 0 radical (unpaired) electrons. The Kier molecular flexibility index (Phi) is 6.63. The second-order valence-electron chi connectivity index (χ2n) is 6.22. The third-order valence-corrected chi connectivity index (χ3v) is 4.58. The molecule has 1 amide bonds. The highest BCUT2D eigenvalue weighted by molar-refractivity contribution is 7.17. The Morgan fingerprint density at radius 3 is 2.38 bits per heavy atom. The van der Waals surface area contributed by atoms with Crippen LogP contribution in [0.5, 0.6) is 0 Å². The van der Waals surface area contributed by atoms with Crippen LogP contribution in [0.4, 0.5) is 5.13 Å². The number of rotatable bonds is 7. The first-order chi connectivity index (χ1) is 12.3. The van der Waals surface area contributed by atoms with Crippen LogP contribution >= 0.6 is 11.3 Å². The van der Waals surface area contributed by atoms with Crippen LogP contribution in [0.15, 0.2) is 24.3 Å². The highest BCUT2D eigenvalue weighted by Gasteiger charge is 2.19. The number of esters is 1. The lowest BCUT2D eigenvalue weighted by molar-refractivity contribution is -0.116. The van der Waals surface area contributed by atoms with Gasteiger partial charge in [-0.2, -0.15) is 0 Å². The number of ketones is 1. The summed E-state index contributed by atoms with van der Waals surface area (Å²) in [5.74, 6) is -0.857. The van der Waals surface area contributed by atoms with E-state index in [1.54, 1.807) is 32.9 Å². The summed E-state index contributed by atoms with van der Waals surface area (Å²) in [6, 6.07) is 7.24. The van der Waals surface area contributed by atoms with Gasteiger partial charge in [0.15, 0.2) is 10.9 Å². The molecule has 0 aliphatic heterocycles. The first kappa shape index (κ1) is 19.8. The van der Waals surface area contributed by atoms with Crippen LogP contribution in [-0.2, 0) is 9.53 Å². The number of nitrogens with zero attached hydrogens (tertiary/aromatic N) is 1. The summed E-state index contributed by atoms with van der Waals surface area (Å²) in [6.45, 7) is 7.16. The van der Waals surface area contributed by atoms with E-state index in [0.29, 0.717) is 21.3 Å². The molecule has 0 aliphatic carbocycles. The minimum atomic E-state index is -0.454. The van der Waals surface area contributed by atoms with E-state index in [-0.39, 0.29) is 30.6 Å². The Hall–Kier alpha value is -2.54. The lowest BCUT2D eigenvalue weighted by Gasteiger charge is -2.05. The van der Waals surface area contributed by atoms with E-state index < -0.39 is 5.97 Å². The predicted molar refractivity (Wildman–Crippen MR) is 101 cm³/mol. The average Bonchev–Trinajstić information content (AvgIpc) is 2.93. The second kappa shape index (κ2) is 8.71. The number of thiazole rings is 1. The van der Waals surface area contributed by atoms with Crippen LogP contribution in [0, 0.1) is 13.8 Å². The monoisotopic (exact) mass is 374 g/mol. The van der Waals surface area contributed by atoms with Crippen LogP contribution in [0.3, 0.4) is 0 Å². The Morgan fingerprint density at radius 2 is 1.77 bits per heavy atom. The third-order valence-electron chi connectivity index (χ3n) is 3.52. The normalized spacial score (nSPS) is 10.7. The molecule has 0 atom stereocenters. The van der Waals surface area contributed by atoms with Crippen LogP contribution in [0.25, 0.3) is 0 Å². The van der Waals surface area contributed by atoms with Crippen molar-refractivity contribution in [1.82, 2.24) is 4.98 Å². The number of aromatic nitrogens is 1. The van der Waals surface area contributed by atoms with Gasteiger partial charge in [0.1, 0.15) is 4.88 Å². The first-order valence-electron chi connectivity index (χ1n) is 8.34. The number of hydrogen-bond acceptors (Lipinski definition) is 6. The molecule has 0 aliphatic rings. The van der Waals surface area contributed by atoms with Crippen LogP contribution in [-0.4, -0.2) is 28.7 Å². The Morgan fingerprint density at radius 1 is 1.12 bits per heavy atom. The fourth-order valence-corrected chi connectivity index (χ4v) is 3.07. The van der Waals surface area contributed by atoms with Crippen molar-refractivity contribution < 1.29 is 19.1 Å². The predicted octanol–water partition coefficient (Wildman–Crippen LogP) is 3.93. The molecule has 26 heavy (non-hydrogen) atoms. The van der Waals surface area contributed by atoms with Crippen molar-refractivity contribution in [1.29, 1.82) is 0 Å². The average molecular weight is 374 g/mol. The van der Waals surface area contributed by atoms with E-state index in [1.165, 1.54) is 0 Å². The molecular formula is C19H22N2O4S. The summed E-state index contributed by atoms with van der Waals surface area (Å²) in [5, 5.41) is 2.96. The van der Waals surface area contributed by atoms with Crippen molar-refractivity contribution in [2.24, 2.45) is 0 Å². The molecule has 1 aromatic carbocycles. The van der Waals surface area contributed by atoms with Crippen LogP contribution in [0.2, 0.25) is 0 Å². The fourth-order valence-electron chi connectivity index (χ4n) is 2.20. The number of anilines is 1. The van der Waals surface area contributed by atoms with Gasteiger partial charge in [0.05, 0.1) is 11.8 Å². The SMILES string of the molecule is Cc1ccc(C(=O)CCC(=O)Nc2nc(C)c(C(=O)OC(C)C)s2)cc1. The van der Waals surface area contributed by atoms with Gasteiger partial charge in [0.2, 0.25) is 5.91 Å². The van der Waals surface area contributed by atoms with E-state index in [2.05, 4.69) is 10.3 Å². The van der Waals surface area contributed by atoms with Crippen molar-refractivity contribution in [3.8, 4) is 0 Å². The van der Waals surface area contributed by atoms with Gasteiger partial charge in [-0.25, -0.2) is 9.78 Å². The molecule has 0 bridgehead atoms. The van der Waals surface area contributed by atoms with Crippen LogP contribution < -0.4 is 5.32 Å². The molecule has 0 saturated heterocycles. The summed E-state index contributed by atoms with van der Waals surface area (Å²) in [6.07, 6.45) is -0.0617. The summed E-state index contributed by atoms with van der Waals surface area (Å²) >= 11 is 1.07. The molecule has 7 heteroatoms. The largest absolute Gasteiger partial charge is 0.459 e. The summed E-state index contributed by atoms with van der Waals surface area (Å²) in [5.41, 5.74) is 2.17. The number of aryl methyl sites for hydroxylation is 2. The Bertz CT molecular complexity index is 809. The van der Waals surface area contributed by atoms with E-state index in [0.717, 1.165) is 16.9 Å². The lowest BCUT2D eigenvalue weighted by Crippen LogP contribution is -2.13. The first-order valence-corrected chi connectivity index (χ1v) is 9.16. The molecule has 0 spiro atoms. The molecule has 6 nitrogen and oxygen atoms in total. The molecule has 0 fully saturated rings. The van der Waals surface area contributed by atoms with Gasteiger partial charge < -0.3 is 10.1 Å². The maximum atomic E-state index is 12.1. The summed E-state index contributed by atoms with van der Waals surface area (Å²) in [7, 11) is 0. The Labute approximate surface area is 156 Å². The Balaban J connectivity index is 1.90. The molecule has 0 saturated carbocycles. The number of hydrogen-bond donors (Lipinski definition) is 1. The number of nitrogens with one attached hydrogen (secondary N) is 1. The highest BCUT2D eigenvalue weighted by atomic mass is 32.1. The van der Waals surface area contributed by atoms with E-state index in [9.17, 15) is 14.4 Å². The number of Topliss-reactive ketones (excluding diaryl/α,β-unsaturated/α-hetero) is 1. The highest BCUT2D eigenvalue weighted by Crippen LogP contribution is 2.24. The number of amides is 1. The van der Waals surface area contributed by atoms with Crippen molar-refractivity contribution in [2.45, 2.75) is 46.6 Å². The van der Waals surface area contributed by atoms with Gasteiger partial charge in [-0.05, 0) is 27.7 Å². The van der Waals surface area contributed by atoms with Crippen molar-refractivity contribution in [2.75, 3.05) is 5.32 Å². The van der Waals surface area contributed by atoms with Gasteiger partial charge in [-0.3, -0.25) is 9.59 Å². The smallest absolute Gasteiger partial charge is 0.350 e. The fraction of sp³-hybridized carbons (Fsp3) is 0.368. The summed E-state index contributed by atoms with van der Waals surface area (Å²) in [4.78, 5) is 40.7. The molecule has 1 heterocycles. The second-order valence-corrected chi connectivity index (χ2v) is 7.22. The number of ether oxygens (including phenoxy) is 1. The van der Waals surface area contributed by atoms with Gasteiger partial charge in [-0.15, -0.1) is 0 Å². The number of carbonyl (C=O) groups is 3. The molecule has 1 aromatic heterocycles. The van der Waals surface area contributed by atoms with E-state index in [1.807, 2.05) is 19.1 Å². The number of carbonyl (C=O) groups excluding carboxylic acids is 3. The van der Waals surface area contributed by atoms with Gasteiger partial charge in [0.25, 0.3) is 0 Å². The van der Waals surface area contributed by atoms with Gasteiger partial charge in [0, 0.05) is 18.4 Å². The molecule has 138 valence electrons. The van der Waals surface area contributed by atoms with Crippen molar-refractivity contribution in [3.05, 3.63) is 46.0 Å². The van der Waals surface area contributed by atoms with E-state index in [4.69, 9.17) is 4.74 Å². The van der Waals surface area contributed by atoms with Crippen LogP contribution in [0.1, 0.15) is 58.0 Å². The standard InChI is InChI=1S/C19H22N2O4S/c1-11(2)25-18(24)17-13(4)20-19(26-17)21-16(23)10-9-15(22)14-7-5-12(3)6-8-14/h5-8,11H,9-10H2,1-4H3,(H,20,21,23). The third kappa shape index (κ3) is 5.49. The van der Waals surface area contributed by atoms with Crippen molar-refractivity contribution >= 4 is 34.1 Å². The molecule has 0 unspecified atom stereocenters. The maximum Gasteiger partial charge on any atom is 0.350 e. The minimum Gasteiger partial charge on any atom is -0.459 e.